The van der Waals surface area contributed by atoms with Gasteiger partial charge in [-0.2, -0.15) is 0 Å². The molecule has 0 amide bonds. The van der Waals surface area contributed by atoms with Gasteiger partial charge in [-0.05, 0) is 42.0 Å². The Bertz CT molecular complexity index is 966. The molecule has 3 rings (SSSR count). The third kappa shape index (κ3) is 5.01. The Morgan fingerprint density at radius 1 is 1.00 bits per heavy atom. The Hall–Kier alpha value is -3.06. The molecule has 7 heteroatoms. The van der Waals surface area contributed by atoms with Crippen molar-refractivity contribution in [3.63, 3.8) is 0 Å². The summed E-state index contributed by atoms with van der Waals surface area (Å²) in [5, 5.41) is 6.72. The summed E-state index contributed by atoms with van der Waals surface area (Å²) in [7, 11) is 1.38. The van der Waals surface area contributed by atoms with Crippen LogP contribution < -0.4 is 9.47 Å². The maximum atomic E-state index is 12.0. The van der Waals surface area contributed by atoms with Crippen molar-refractivity contribution in [3.05, 3.63) is 59.5 Å². The third-order valence-electron chi connectivity index (χ3n) is 3.78. The van der Waals surface area contributed by atoms with E-state index in [-0.39, 0.29) is 12.3 Å². The molecule has 0 saturated heterocycles. The molecule has 0 saturated carbocycles. The van der Waals surface area contributed by atoms with Gasteiger partial charge in [0.15, 0.2) is 5.06 Å². The molecule has 1 aromatic heterocycles. The third-order valence-corrected chi connectivity index (χ3v) is 4.79. The number of rotatable bonds is 9. The Labute approximate surface area is 167 Å². The second kappa shape index (κ2) is 9.75. The molecule has 0 aliphatic carbocycles. The second-order valence-electron chi connectivity index (χ2n) is 5.67. The SMILES string of the molecule is CCOC(=O)C(=NOC)c1ccc(OCCOc2ccc3ccccc3c2)s1. The van der Waals surface area contributed by atoms with Gasteiger partial charge in [0.25, 0.3) is 0 Å². The number of carbonyl (C=O) groups excluding carboxylic acids is 1. The highest BCUT2D eigenvalue weighted by Gasteiger charge is 2.19. The van der Waals surface area contributed by atoms with Gasteiger partial charge < -0.3 is 19.0 Å². The van der Waals surface area contributed by atoms with E-state index in [0.29, 0.717) is 23.2 Å². The molecule has 0 atom stereocenters. The topological polar surface area (TPSA) is 66.4 Å². The van der Waals surface area contributed by atoms with Crippen molar-refractivity contribution in [1.82, 2.24) is 0 Å². The lowest BCUT2D eigenvalue weighted by atomic mass is 10.1. The maximum Gasteiger partial charge on any atom is 0.361 e. The Morgan fingerprint density at radius 3 is 2.57 bits per heavy atom. The first-order valence-corrected chi connectivity index (χ1v) is 9.65. The van der Waals surface area contributed by atoms with Crippen LogP contribution in [0.2, 0.25) is 0 Å². The molecule has 3 aromatic rings. The normalized spacial score (nSPS) is 11.3. The highest BCUT2D eigenvalue weighted by molar-refractivity contribution is 7.16. The summed E-state index contributed by atoms with van der Waals surface area (Å²) >= 11 is 1.29. The van der Waals surface area contributed by atoms with Crippen molar-refractivity contribution >= 4 is 33.8 Å². The molecule has 6 nitrogen and oxygen atoms in total. The van der Waals surface area contributed by atoms with Crippen molar-refractivity contribution in [1.29, 1.82) is 0 Å². The molecule has 0 radical (unpaired) electrons. The number of oxime groups is 1. The summed E-state index contributed by atoms with van der Waals surface area (Å²) in [6.07, 6.45) is 0. The van der Waals surface area contributed by atoms with Gasteiger partial charge in [0.2, 0.25) is 5.71 Å². The first-order chi connectivity index (χ1) is 13.7. The van der Waals surface area contributed by atoms with Crippen LogP contribution in [0.1, 0.15) is 11.8 Å². The molecule has 28 heavy (non-hydrogen) atoms. The predicted molar refractivity (Wildman–Crippen MR) is 109 cm³/mol. The van der Waals surface area contributed by atoms with Crippen molar-refractivity contribution in [2.24, 2.45) is 5.16 Å². The number of thiophene rings is 1. The number of fused-ring (bicyclic) bond motifs is 1. The summed E-state index contributed by atoms with van der Waals surface area (Å²) < 4.78 is 16.5. The van der Waals surface area contributed by atoms with E-state index >= 15 is 0 Å². The number of hydrogen-bond acceptors (Lipinski definition) is 7. The minimum atomic E-state index is -0.530. The van der Waals surface area contributed by atoms with E-state index in [0.717, 1.165) is 11.1 Å². The van der Waals surface area contributed by atoms with Gasteiger partial charge in [0, 0.05) is 0 Å². The molecule has 0 fully saturated rings. The highest BCUT2D eigenvalue weighted by Crippen LogP contribution is 2.26. The van der Waals surface area contributed by atoms with E-state index in [1.54, 1.807) is 19.1 Å². The smallest absolute Gasteiger partial charge is 0.361 e. The molecule has 0 N–H and O–H groups in total. The van der Waals surface area contributed by atoms with Crippen LogP contribution in [-0.2, 0) is 14.4 Å². The molecule has 0 bridgehead atoms. The summed E-state index contributed by atoms with van der Waals surface area (Å²) in [5.41, 5.74) is 0.122. The molecule has 0 spiro atoms. The van der Waals surface area contributed by atoms with Gasteiger partial charge in [0.05, 0.1) is 11.5 Å². The monoisotopic (exact) mass is 399 g/mol. The molecule has 146 valence electrons. The quantitative estimate of drug-likeness (QED) is 0.233. The number of carbonyl (C=O) groups is 1. The molecule has 2 aromatic carbocycles. The van der Waals surface area contributed by atoms with Gasteiger partial charge in [-0.15, -0.1) is 0 Å². The Balaban J connectivity index is 1.53. The predicted octanol–water partition coefficient (Wildman–Crippen LogP) is 4.27. The van der Waals surface area contributed by atoms with E-state index in [9.17, 15) is 4.79 Å². The number of hydrogen-bond donors (Lipinski definition) is 0. The first kappa shape index (κ1) is 19.7. The second-order valence-corrected chi connectivity index (χ2v) is 6.71. The number of ether oxygens (including phenoxy) is 3. The minimum Gasteiger partial charge on any atom is -0.490 e. The molecule has 0 aliphatic heterocycles. The Morgan fingerprint density at radius 2 is 1.79 bits per heavy atom. The summed E-state index contributed by atoms with van der Waals surface area (Å²) in [6.45, 7) is 2.79. The summed E-state index contributed by atoms with van der Waals surface area (Å²) in [6, 6.07) is 17.6. The van der Waals surface area contributed by atoms with Crippen LogP contribution in [0.15, 0.2) is 59.8 Å². The van der Waals surface area contributed by atoms with Crippen LogP contribution in [0.25, 0.3) is 10.8 Å². The largest absolute Gasteiger partial charge is 0.490 e. The number of nitrogens with zero attached hydrogens (tertiary/aromatic N) is 1. The van der Waals surface area contributed by atoms with E-state index in [1.807, 2.05) is 30.3 Å². The van der Waals surface area contributed by atoms with Gasteiger partial charge in [0.1, 0.15) is 26.1 Å². The molecule has 0 aliphatic rings. The van der Waals surface area contributed by atoms with Gasteiger partial charge >= 0.3 is 5.97 Å². The summed E-state index contributed by atoms with van der Waals surface area (Å²) in [4.78, 5) is 17.3. The zero-order valence-electron chi connectivity index (χ0n) is 15.7. The zero-order chi connectivity index (χ0) is 19.8. The van der Waals surface area contributed by atoms with Crippen LogP contribution >= 0.6 is 11.3 Å². The fourth-order valence-corrected chi connectivity index (χ4v) is 3.41. The fourth-order valence-electron chi connectivity index (χ4n) is 2.56. The molecular formula is C21H21NO5S. The Kier molecular flexibility index (Phi) is 6.86. The maximum absolute atomic E-state index is 12.0. The molecular weight excluding hydrogens is 378 g/mol. The lowest BCUT2D eigenvalue weighted by molar-refractivity contribution is -0.135. The van der Waals surface area contributed by atoms with Crippen LogP contribution in [0.4, 0.5) is 0 Å². The summed E-state index contributed by atoms with van der Waals surface area (Å²) in [5.74, 6) is 0.267. The van der Waals surface area contributed by atoms with Gasteiger partial charge in [-0.3, -0.25) is 0 Å². The highest BCUT2D eigenvalue weighted by atomic mass is 32.1. The van der Waals surface area contributed by atoms with Crippen molar-refractivity contribution in [2.45, 2.75) is 6.92 Å². The fraction of sp³-hybridized carbons (Fsp3) is 0.238. The minimum absolute atomic E-state index is 0.122. The number of benzene rings is 2. The van der Waals surface area contributed by atoms with Crippen LogP contribution in [0.5, 0.6) is 10.8 Å². The van der Waals surface area contributed by atoms with Crippen LogP contribution in [-0.4, -0.2) is 38.6 Å². The van der Waals surface area contributed by atoms with E-state index in [2.05, 4.69) is 17.3 Å². The van der Waals surface area contributed by atoms with E-state index < -0.39 is 5.97 Å². The van der Waals surface area contributed by atoms with Crippen molar-refractivity contribution in [2.75, 3.05) is 26.9 Å². The van der Waals surface area contributed by atoms with Gasteiger partial charge in [-0.25, -0.2) is 4.79 Å². The lowest BCUT2D eigenvalue weighted by Gasteiger charge is -2.08. The molecule has 0 unspecified atom stereocenters. The van der Waals surface area contributed by atoms with Crippen molar-refractivity contribution < 1.29 is 23.8 Å². The number of esters is 1. The van der Waals surface area contributed by atoms with Crippen LogP contribution in [0.3, 0.4) is 0 Å². The average Bonchev–Trinajstić information content (AvgIpc) is 3.18. The van der Waals surface area contributed by atoms with Crippen LogP contribution in [0, 0.1) is 0 Å². The molecule has 1 heterocycles. The van der Waals surface area contributed by atoms with E-state index in [1.165, 1.54) is 23.8 Å². The van der Waals surface area contributed by atoms with E-state index in [4.69, 9.17) is 19.0 Å². The standard InChI is InChI=1S/C21H21NO5S/c1-3-25-21(23)20(22-24-2)18-10-11-19(28-18)27-13-12-26-17-9-8-15-6-4-5-7-16(15)14-17/h4-11,14H,3,12-13H2,1-2H3. The van der Waals surface area contributed by atoms with Crippen molar-refractivity contribution in [3.8, 4) is 10.8 Å². The average molecular weight is 399 g/mol. The first-order valence-electron chi connectivity index (χ1n) is 8.84. The lowest BCUT2D eigenvalue weighted by Crippen LogP contribution is -2.18. The van der Waals surface area contributed by atoms with Gasteiger partial charge in [-0.1, -0.05) is 46.8 Å². The zero-order valence-corrected chi connectivity index (χ0v) is 16.5.